The van der Waals surface area contributed by atoms with Gasteiger partial charge in [0.2, 0.25) is 0 Å². The first-order chi connectivity index (χ1) is 9.30. The fourth-order valence-corrected chi connectivity index (χ4v) is 2.01. The molecule has 0 fully saturated rings. The summed E-state index contributed by atoms with van der Waals surface area (Å²) >= 11 is 0. The average molecular weight is 255 g/mol. The first-order valence-corrected chi connectivity index (χ1v) is 6.96. The second kappa shape index (κ2) is 9.10. The van der Waals surface area contributed by atoms with Crippen LogP contribution in [0.25, 0.3) is 6.08 Å². The molecule has 0 atom stereocenters. The predicted octanol–water partition coefficient (Wildman–Crippen LogP) is 4.50. The number of carbonyl (C=O) groups excluding carboxylic acids is 1. The topological polar surface area (TPSA) is 40.9 Å². The fraction of sp³-hybridized carbons (Fsp3) is 0.412. The number of nitriles is 1. The Bertz CT molecular complexity index is 468. The van der Waals surface area contributed by atoms with E-state index in [0.717, 1.165) is 30.3 Å². The summed E-state index contributed by atoms with van der Waals surface area (Å²) in [6.45, 7) is 2.19. The van der Waals surface area contributed by atoms with E-state index in [4.69, 9.17) is 5.26 Å². The highest BCUT2D eigenvalue weighted by Gasteiger charge is 1.98. The van der Waals surface area contributed by atoms with Crippen LogP contribution in [0, 0.1) is 11.3 Å². The van der Waals surface area contributed by atoms with Crippen LogP contribution in [0.5, 0.6) is 0 Å². The van der Waals surface area contributed by atoms with Crippen molar-refractivity contribution >= 4 is 12.4 Å². The average Bonchev–Trinajstić information content (AvgIpc) is 2.46. The molecule has 2 nitrogen and oxygen atoms in total. The molecule has 19 heavy (non-hydrogen) atoms. The fourth-order valence-electron chi connectivity index (χ4n) is 2.01. The molecule has 0 unspecified atom stereocenters. The third kappa shape index (κ3) is 6.01. The van der Waals surface area contributed by atoms with Crippen LogP contribution in [-0.2, 0) is 4.79 Å². The Kier molecular flexibility index (Phi) is 7.27. The van der Waals surface area contributed by atoms with Gasteiger partial charge in [-0.3, -0.25) is 4.79 Å². The van der Waals surface area contributed by atoms with E-state index in [0.29, 0.717) is 5.56 Å². The minimum Gasteiger partial charge on any atom is -0.298 e. The van der Waals surface area contributed by atoms with Crippen LogP contribution in [0.2, 0.25) is 0 Å². The second-order valence-corrected chi connectivity index (χ2v) is 4.74. The Balaban J connectivity index is 2.55. The zero-order valence-corrected chi connectivity index (χ0v) is 11.6. The van der Waals surface area contributed by atoms with Gasteiger partial charge in [0.15, 0.2) is 0 Å². The molecule has 0 radical (unpaired) electrons. The first kappa shape index (κ1) is 15.2. The highest BCUT2D eigenvalue weighted by molar-refractivity contribution is 5.81. The molecule has 1 aromatic rings. The molecule has 0 aliphatic heterocycles. The third-order valence-electron chi connectivity index (χ3n) is 3.09. The molecule has 0 aliphatic rings. The third-order valence-corrected chi connectivity index (χ3v) is 3.09. The number of allylic oxidation sites excluding steroid dienone is 1. The summed E-state index contributed by atoms with van der Waals surface area (Å²) < 4.78 is 0. The number of carbonyl (C=O) groups is 1. The Labute approximate surface area is 115 Å². The molecule has 1 aromatic carbocycles. The predicted molar refractivity (Wildman–Crippen MR) is 78.6 cm³/mol. The van der Waals surface area contributed by atoms with E-state index in [9.17, 15) is 4.79 Å². The van der Waals surface area contributed by atoms with Crippen molar-refractivity contribution in [2.75, 3.05) is 0 Å². The zero-order valence-electron chi connectivity index (χ0n) is 11.6. The minimum atomic E-state index is 0.627. The van der Waals surface area contributed by atoms with Crippen molar-refractivity contribution in [1.82, 2.24) is 0 Å². The summed E-state index contributed by atoms with van der Waals surface area (Å²) in [6.07, 6.45) is 9.62. The first-order valence-electron chi connectivity index (χ1n) is 6.96. The maximum absolute atomic E-state index is 11.1. The van der Waals surface area contributed by atoms with Crippen LogP contribution in [0.4, 0.5) is 0 Å². The Morgan fingerprint density at radius 1 is 1.26 bits per heavy atom. The second-order valence-electron chi connectivity index (χ2n) is 4.74. The zero-order chi connectivity index (χ0) is 13.9. The van der Waals surface area contributed by atoms with Crippen molar-refractivity contribution in [3.8, 4) is 6.07 Å². The van der Waals surface area contributed by atoms with Crippen LogP contribution in [0.15, 0.2) is 29.8 Å². The van der Waals surface area contributed by atoms with Gasteiger partial charge in [-0.05, 0) is 42.2 Å². The van der Waals surface area contributed by atoms with E-state index in [2.05, 4.69) is 13.0 Å². The highest BCUT2D eigenvalue weighted by atomic mass is 16.1. The Hall–Kier alpha value is -1.88. The summed E-state index contributed by atoms with van der Waals surface area (Å²) in [5.41, 5.74) is 2.36. The van der Waals surface area contributed by atoms with Gasteiger partial charge in [-0.25, -0.2) is 0 Å². The smallest absolute Gasteiger partial charge is 0.146 e. The number of nitrogens with zero attached hydrogens (tertiary/aromatic N) is 1. The van der Waals surface area contributed by atoms with Gasteiger partial charge in [0, 0.05) is 0 Å². The lowest BCUT2D eigenvalue weighted by molar-refractivity contribution is -0.105. The maximum atomic E-state index is 11.1. The lowest BCUT2D eigenvalue weighted by Crippen LogP contribution is -1.87. The van der Waals surface area contributed by atoms with Gasteiger partial charge < -0.3 is 0 Å². The van der Waals surface area contributed by atoms with Gasteiger partial charge in [-0.1, -0.05) is 44.7 Å². The van der Waals surface area contributed by atoms with E-state index in [1.54, 1.807) is 12.1 Å². The monoisotopic (exact) mass is 255 g/mol. The SMILES string of the molecule is CCCCCCC/C(C=O)=C\c1cccc(C#N)c1. The molecule has 0 saturated carbocycles. The van der Waals surface area contributed by atoms with Crippen molar-refractivity contribution in [2.45, 2.75) is 45.4 Å². The van der Waals surface area contributed by atoms with Crippen LogP contribution in [0.3, 0.4) is 0 Å². The maximum Gasteiger partial charge on any atom is 0.146 e. The van der Waals surface area contributed by atoms with E-state index < -0.39 is 0 Å². The van der Waals surface area contributed by atoms with E-state index in [1.807, 2.05) is 18.2 Å². The molecule has 0 aliphatic carbocycles. The van der Waals surface area contributed by atoms with Gasteiger partial charge in [0.05, 0.1) is 11.6 Å². The lowest BCUT2D eigenvalue weighted by atomic mass is 10.0. The van der Waals surface area contributed by atoms with Crippen LogP contribution >= 0.6 is 0 Å². The molecule has 0 spiro atoms. The number of rotatable bonds is 8. The number of hydrogen-bond acceptors (Lipinski definition) is 2. The van der Waals surface area contributed by atoms with Crippen LogP contribution in [0.1, 0.15) is 56.6 Å². The van der Waals surface area contributed by atoms with Crippen molar-refractivity contribution in [1.29, 1.82) is 5.26 Å². The highest BCUT2D eigenvalue weighted by Crippen LogP contribution is 2.14. The molecule has 0 N–H and O–H groups in total. The molecule has 0 heterocycles. The molecule has 0 aromatic heterocycles. The van der Waals surface area contributed by atoms with Crippen molar-refractivity contribution in [3.05, 3.63) is 41.0 Å². The summed E-state index contributed by atoms with van der Waals surface area (Å²) in [7, 11) is 0. The summed E-state index contributed by atoms with van der Waals surface area (Å²) in [5, 5.41) is 8.84. The summed E-state index contributed by atoms with van der Waals surface area (Å²) in [4.78, 5) is 11.1. The van der Waals surface area contributed by atoms with Gasteiger partial charge in [0.25, 0.3) is 0 Å². The molecular formula is C17H21NO. The lowest BCUT2D eigenvalue weighted by Gasteiger charge is -2.01. The molecule has 100 valence electrons. The summed E-state index contributed by atoms with van der Waals surface area (Å²) in [5.74, 6) is 0. The van der Waals surface area contributed by atoms with Crippen molar-refractivity contribution < 1.29 is 4.79 Å². The Morgan fingerprint density at radius 3 is 2.74 bits per heavy atom. The number of benzene rings is 1. The van der Waals surface area contributed by atoms with Gasteiger partial charge in [-0.15, -0.1) is 0 Å². The van der Waals surface area contributed by atoms with Crippen LogP contribution < -0.4 is 0 Å². The van der Waals surface area contributed by atoms with Gasteiger partial charge in [-0.2, -0.15) is 5.26 Å². The number of hydrogen-bond donors (Lipinski definition) is 0. The van der Waals surface area contributed by atoms with Gasteiger partial charge in [0.1, 0.15) is 6.29 Å². The number of unbranched alkanes of at least 4 members (excludes halogenated alkanes) is 4. The van der Waals surface area contributed by atoms with E-state index in [-0.39, 0.29) is 0 Å². The molecule has 0 saturated heterocycles. The minimum absolute atomic E-state index is 0.627. The molecule has 2 heteroatoms. The van der Waals surface area contributed by atoms with Crippen molar-refractivity contribution in [3.63, 3.8) is 0 Å². The van der Waals surface area contributed by atoms with Crippen LogP contribution in [-0.4, -0.2) is 6.29 Å². The largest absolute Gasteiger partial charge is 0.298 e. The van der Waals surface area contributed by atoms with Gasteiger partial charge >= 0.3 is 0 Å². The Morgan fingerprint density at radius 2 is 2.05 bits per heavy atom. The van der Waals surface area contributed by atoms with E-state index >= 15 is 0 Å². The number of aldehydes is 1. The molecule has 0 bridgehead atoms. The molecule has 1 rings (SSSR count). The normalized spacial score (nSPS) is 11.1. The molecular weight excluding hydrogens is 234 g/mol. The standard InChI is InChI=1S/C17H21NO/c1-2-3-4-5-6-8-17(14-19)12-15-9-7-10-16(11-15)13-18/h7,9-12,14H,2-6,8H2,1H3/b17-12+. The van der Waals surface area contributed by atoms with E-state index in [1.165, 1.54) is 25.7 Å². The molecule has 0 amide bonds. The van der Waals surface area contributed by atoms with Crippen molar-refractivity contribution in [2.24, 2.45) is 0 Å². The summed E-state index contributed by atoms with van der Waals surface area (Å²) in [6, 6.07) is 9.44. The quantitative estimate of drug-likeness (QED) is 0.390.